The van der Waals surface area contributed by atoms with Gasteiger partial charge < -0.3 is 11.1 Å². The zero-order chi connectivity index (χ0) is 10.4. The molecule has 0 heterocycles. The van der Waals surface area contributed by atoms with Crippen LogP contribution in [0, 0.1) is 5.82 Å². The molecule has 0 unspecified atom stereocenters. The van der Waals surface area contributed by atoms with Gasteiger partial charge in [-0.3, -0.25) is 0 Å². The topological polar surface area (TPSA) is 38.0 Å². The summed E-state index contributed by atoms with van der Waals surface area (Å²) < 4.78 is 13.6. The van der Waals surface area contributed by atoms with E-state index in [0.29, 0.717) is 17.6 Å². The van der Waals surface area contributed by atoms with Crippen molar-refractivity contribution in [1.29, 1.82) is 0 Å². The largest absolute Gasteiger partial charge is 0.330 e. The Kier molecular flexibility index (Phi) is 5.07. The monoisotopic (exact) mass is 260 g/mol. The molecule has 4 heteroatoms. The van der Waals surface area contributed by atoms with Gasteiger partial charge >= 0.3 is 0 Å². The molecule has 78 valence electrons. The number of nitrogens with two attached hydrogens (primary N) is 1. The maximum absolute atomic E-state index is 13.1. The summed E-state index contributed by atoms with van der Waals surface area (Å²) in [6.07, 6.45) is 0.943. The van der Waals surface area contributed by atoms with E-state index in [1.165, 1.54) is 6.07 Å². The number of nitrogens with one attached hydrogen (secondary N) is 1. The normalized spacial score (nSPS) is 10.5. The molecule has 0 saturated carbocycles. The standard InChI is InChI=1S/C10H14BrFN2/c11-9-3-2-8(6-10(9)12)7-14-5-1-4-13/h2-3,6,14H,1,4-5,7,13H2. The van der Waals surface area contributed by atoms with Gasteiger partial charge in [-0.05, 0) is 53.1 Å². The van der Waals surface area contributed by atoms with Crippen LogP contribution in [-0.4, -0.2) is 13.1 Å². The predicted molar refractivity (Wildman–Crippen MR) is 59.5 cm³/mol. The molecular weight excluding hydrogens is 247 g/mol. The van der Waals surface area contributed by atoms with Crippen LogP contribution in [0.15, 0.2) is 22.7 Å². The quantitative estimate of drug-likeness (QED) is 0.796. The van der Waals surface area contributed by atoms with E-state index in [1.807, 2.05) is 6.07 Å². The molecule has 1 rings (SSSR count). The molecule has 14 heavy (non-hydrogen) atoms. The smallest absolute Gasteiger partial charge is 0.137 e. The van der Waals surface area contributed by atoms with Gasteiger partial charge in [0, 0.05) is 6.54 Å². The van der Waals surface area contributed by atoms with Crippen LogP contribution >= 0.6 is 15.9 Å². The molecule has 0 saturated heterocycles. The first-order valence-electron chi connectivity index (χ1n) is 4.58. The van der Waals surface area contributed by atoms with Gasteiger partial charge in [-0.1, -0.05) is 6.07 Å². The Hall–Kier alpha value is -0.450. The molecule has 1 aromatic carbocycles. The number of rotatable bonds is 5. The van der Waals surface area contributed by atoms with Crippen LogP contribution in [0.25, 0.3) is 0 Å². The second-order valence-corrected chi connectivity index (χ2v) is 3.92. The third kappa shape index (κ3) is 3.74. The van der Waals surface area contributed by atoms with Crippen LogP contribution in [0.5, 0.6) is 0 Å². The SMILES string of the molecule is NCCCNCc1ccc(Br)c(F)c1. The number of hydrogen-bond donors (Lipinski definition) is 2. The average molecular weight is 261 g/mol. The van der Waals surface area contributed by atoms with E-state index in [-0.39, 0.29) is 5.82 Å². The van der Waals surface area contributed by atoms with E-state index in [1.54, 1.807) is 6.07 Å². The Morgan fingerprint density at radius 2 is 2.21 bits per heavy atom. The summed E-state index contributed by atoms with van der Waals surface area (Å²) >= 11 is 3.11. The summed E-state index contributed by atoms with van der Waals surface area (Å²) in [5.74, 6) is -0.219. The Morgan fingerprint density at radius 3 is 2.86 bits per heavy atom. The minimum atomic E-state index is -0.219. The van der Waals surface area contributed by atoms with Crippen molar-refractivity contribution in [2.45, 2.75) is 13.0 Å². The lowest BCUT2D eigenvalue weighted by atomic mass is 10.2. The molecule has 0 aliphatic heterocycles. The van der Waals surface area contributed by atoms with Crippen molar-refractivity contribution in [2.75, 3.05) is 13.1 Å². The van der Waals surface area contributed by atoms with Crippen LogP contribution in [0.3, 0.4) is 0 Å². The maximum atomic E-state index is 13.1. The van der Waals surface area contributed by atoms with Crippen molar-refractivity contribution in [3.63, 3.8) is 0 Å². The molecule has 0 aliphatic rings. The Balaban J connectivity index is 2.39. The third-order valence-corrected chi connectivity index (χ3v) is 2.51. The average Bonchev–Trinajstić information content (AvgIpc) is 2.18. The summed E-state index contributed by atoms with van der Waals surface area (Å²) in [7, 11) is 0. The molecule has 0 amide bonds. The summed E-state index contributed by atoms with van der Waals surface area (Å²) in [6, 6.07) is 5.14. The van der Waals surface area contributed by atoms with Gasteiger partial charge in [-0.15, -0.1) is 0 Å². The van der Waals surface area contributed by atoms with Crippen LogP contribution in [-0.2, 0) is 6.54 Å². The Labute approximate surface area is 91.8 Å². The van der Waals surface area contributed by atoms with E-state index in [9.17, 15) is 4.39 Å². The zero-order valence-corrected chi connectivity index (χ0v) is 9.48. The lowest BCUT2D eigenvalue weighted by Gasteiger charge is -2.04. The van der Waals surface area contributed by atoms with Crippen molar-refractivity contribution in [2.24, 2.45) is 5.73 Å². The van der Waals surface area contributed by atoms with Crippen molar-refractivity contribution >= 4 is 15.9 Å². The number of halogens is 2. The first-order chi connectivity index (χ1) is 6.74. The van der Waals surface area contributed by atoms with Crippen LogP contribution in [0.2, 0.25) is 0 Å². The first-order valence-corrected chi connectivity index (χ1v) is 5.38. The summed E-state index contributed by atoms with van der Waals surface area (Å²) in [4.78, 5) is 0. The lowest BCUT2D eigenvalue weighted by Crippen LogP contribution is -2.17. The van der Waals surface area contributed by atoms with Crippen molar-refractivity contribution in [3.05, 3.63) is 34.1 Å². The molecule has 1 aromatic rings. The van der Waals surface area contributed by atoms with Crippen LogP contribution in [0.1, 0.15) is 12.0 Å². The molecule has 2 nitrogen and oxygen atoms in total. The molecule has 0 bridgehead atoms. The maximum Gasteiger partial charge on any atom is 0.137 e. The molecule has 0 aromatic heterocycles. The molecule has 0 spiro atoms. The molecule has 0 fully saturated rings. The van der Waals surface area contributed by atoms with E-state index < -0.39 is 0 Å². The predicted octanol–water partition coefficient (Wildman–Crippen LogP) is 2.03. The summed E-state index contributed by atoms with van der Waals surface area (Å²) in [5.41, 5.74) is 6.29. The third-order valence-electron chi connectivity index (χ3n) is 1.87. The highest BCUT2D eigenvalue weighted by Crippen LogP contribution is 2.16. The Bertz CT molecular complexity index is 291. The summed E-state index contributed by atoms with van der Waals surface area (Å²) in [5, 5.41) is 3.19. The number of hydrogen-bond acceptors (Lipinski definition) is 2. The number of benzene rings is 1. The minimum Gasteiger partial charge on any atom is -0.330 e. The molecule has 0 radical (unpaired) electrons. The molecule has 0 atom stereocenters. The van der Waals surface area contributed by atoms with Crippen LogP contribution < -0.4 is 11.1 Å². The fourth-order valence-electron chi connectivity index (χ4n) is 1.11. The highest BCUT2D eigenvalue weighted by molar-refractivity contribution is 9.10. The van der Waals surface area contributed by atoms with Crippen LogP contribution in [0.4, 0.5) is 4.39 Å². The van der Waals surface area contributed by atoms with Gasteiger partial charge in [0.25, 0.3) is 0 Å². The molecular formula is C10H14BrFN2. The van der Waals surface area contributed by atoms with Gasteiger partial charge in [0.2, 0.25) is 0 Å². The van der Waals surface area contributed by atoms with E-state index in [0.717, 1.165) is 18.5 Å². The highest BCUT2D eigenvalue weighted by atomic mass is 79.9. The van der Waals surface area contributed by atoms with Gasteiger partial charge in [-0.25, -0.2) is 4.39 Å². The lowest BCUT2D eigenvalue weighted by molar-refractivity contribution is 0.611. The first kappa shape index (κ1) is 11.6. The Morgan fingerprint density at radius 1 is 1.43 bits per heavy atom. The van der Waals surface area contributed by atoms with E-state index >= 15 is 0 Å². The van der Waals surface area contributed by atoms with Gasteiger partial charge in [0.1, 0.15) is 5.82 Å². The fraction of sp³-hybridized carbons (Fsp3) is 0.400. The fourth-order valence-corrected chi connectivity index (χ4v) is 1.36. The van der Waals surface area contributed by atoms with Gasteiger partial charge in [0.15, 0.2) is 0 Å². The highest BCUT2D eigenvalue weighted by Gasteiger charge is 1.99. The molecule has 0 aliphatic carbocycles. The second kappa shape index (κ2) is 6.11. The summed E-state index contributed by atoms with van der Waals surface area (Å²) in [6.45, 7) is 2.24. The molecule has 3 N–H and O–H groups in total. The second-order valence-electron chi connectivity index (χ2n) is 3.07. The van der Waals surface area contributed by atoms with Gasteiger partial charge in [-0.2, -0.15) is 0 Å². The van der Waals surface area contributed by atoms with Crippen molar-refractivity contribution in [1.82, 2.24) is 5.32 Å². The minimum absolute atomic E-state index is 0.219. The van der Waals surface area contributed by atoms with Crippen molar-refractivity contribution in [3.8, 4) is 0 Å². The van der Waals surface area contributed by atoms with E-state index in [2.05, 4.69) is 21.2 Å². The van der Waals surface area contributed by atoms with Crippen molar-refractivity contribution < 1.29 is 4.39 Å². The zero-order valence-electron chi connectivity index (χ0n) is 7.89. The van der Waals surface area contributed by atoms with E-state index in [4.69, 9.17) is 5.73 Å². The van der Waals surface area contributed by atoms with Gasteiger partial charge in [0.05, 0.1) is 4.47 Å².